The number of nitrogens with zero attached hydrogens (tertiary/aromatic N) is 4. The van der Waals surface area contributed by atoms with E-state index in [1.54, 1.807) is 12.3 Å². The number of pyridine rings is 1. The topological polar surface area (TPSA) is 106 Å². The maximum absolute atomic E-state index is 11.3. The average Bonchev–Trinajstić information content (AvgIpc) is 3.62. The molecule has 0 amide bonds. The van der Waals surface area contributed by atoms with Gasteiger partial charge in [0.05, 0.1) is 48.6 Å². The first-order chi connectivity index (χ1) is 19.5. The van der Waals surface area contributed by atoms with E-state index in [9.17, 15) is 10.1 Å². The highest BCUT2D eigenvalue weighted by Gasteiger charge is 2.42. The molecule has 0 spiro atoms. The van der Waals surface area contributed by atoms with Crippen molar-refractivity contribution in [3.63, 3.8) is 0 Å². The van der Waals surface area contributed by atoms with E-state index in [2.05, 4.69) is 39.5 Å². The third-order valence-electron chi connectivity index (χ3n) is 7.18. The van der Waals surface area contributed by atoms with Gasteiger partial charge in [-0.2, -0.15) is 0 Å². The smallest absolute Gasteiger partial charge is 0.273 e. The lowest BCUT2D eigenvalue weighted by atomic mass is 10.0. The van der Waals surface area contributed by atoms with Gasteiger partial charge >= 0.3 is 0 Å². The van der Waals surface area contributed by atoms with Crippen molar-refractivity contribution in [3.8, 4) is 17.1 Å². The second-order valence-electron chi connectivity index (χ2n) is 9.46. The number of ether oxygens (including phenoxy) is 2. The highest BCUT2D eigenvalue weighted by Crippen LogP contribution is 2.44. The van der Waals surface area contributed by atoms with Crippen LogP contribution >= 0.6 is 12.2 Å². The fraction of sp³-hybridized carbons (Fsp3) is 0.241. The van der Waals surface area contributed by atoms with Gasteiger partial charge in [-0.3, -0.25) is 15.1 Å². The number of thiocarbonyl (C=S) groups is 1. The first-order valence-corrected chi connectivity index (χ1v) is 13.3. The minimum atomic E-state index is -0.454. The minimum Gasteiger partial charge on any atom is -0.496 e. The van der Waals surface area contributed by atoms with Crippen LogP contribution in [0.25, 0.3) is 11.3 Å². The van der Waals surface area contributed by atoms with Gasteiger partial charge in [-0.25, -0.2) is 0 Å². The van der Waals surface area contributed by atoms with Crippen LogP contribution in [0, 0.1) is 10.1 Å². The van der Waals surface area contributed by atoms with Gasteiger partial charge in [-0.05, 0) is 66.8 Å². The molecular formula is C29H27N5O5S. The predicted octanol–water partition coefficient (Wildman–Crippen LogP) is 5.27. The Hall–Kier alpha value is -4.48. The van der Waals surface area contributed by atoms with Crippen molar-refractivity contribution in [2.24, 2.45) is 0 Å². The molecule has 2 atom stereocenters. The summed E-state index contributed by atoms with van der Waals surface area (Å²) in [6, 6.07) is 21.7. The monoisotopic (exact) mass is 557 g/mol. The molecule has 0 bridgehead atoms. The zero-order chi connectivity index (χ0) is 27.6. The number of anilines is 2. The number of aromatic nitrogens is 1. The number of methoxy groups -OCH3 is 1. The van der Waals surface area contributed by atoms with Crippen LogP contribution in [0.15, 0.2) is 83.4 Å². The Morgan fingerprint density at radius 1 is 1.05 bits per heavy atom. The van der Waals surface area contributed by atoms with Gasteiger partial charge in [0.1, 0.15) is 23.3 Å². The lowest BCUT2D eigenvalue weighted by molar-refractivity contribution is -0.384. The lowest BCUT2D eigenvalue weighted by Gasteiger charge is -2.30. The molecule has 2 saturated heterocycles. The summed E-state index contributed by atoms with van der Waals surface area (Å²) >= 11 is 5.85. The Labute approximate surface area is 236 Å². The average molecular weight is 558 g/mol. The quantitative estimate of drug-likeness (QED) is 0.183. The summed E-state index contributed by atoms with van der Waals surface area (Å²) in [6.45, 7) is 3.15. The van der Waals surface area contributed by atoms with E-state index in [-0.39, 0.29) is 17.8 Å². The zero-order valence-electron chi connectivity index (χ0n) is 21.7. The maximum Gasteiger partial charge on any atom is 0.273 e. The number of hydrogen-bond acceptors (Lipinski definition) is 8. The normalized spacial score (nSPS) is 19.0. The van der Waals surface area contributed by atoms with Crippen LogP contribution in [0.3, 0.4) is 0 Å². The van der Waals surface area contributed by atoms with E-state index >= 15 is 0 Å². The second kappa shape index (κ2) is 10.9. The van der Waals surface area contributed by atoms with E-state index in [0.717, 1.165) is 43.4 Å². The fourth-order valence-electron chi connectivity index (χ4n) is 5.22. The Balaban J connectivity index is 1.38. The van der Waals surface area contributed by atoms with Crippen molar-refractivity contribution in [2.45, 2.75) is 12.1 Å². The molecule has 204 valence electrons. The van der Waals surface area contributed by atoms with Gasteiger partial charge in [-0.15, -0.1) is 0 Å². The fourth-order valence-corrected chi connectivity index (χ4v) is 5.57. The van der Waals surface area contributed by atoms with Crippen molar-refractivity contribution in [1.82, 2.24) is 10.3 Å². The van der Waals surface area contributed by atoms with Crippen molar-refractivity contribution >= 4 is 34.4 Å². The van der Waals surface area contributed by atoms with Crippen LogP contribution in [0.1, 0.15) is 23.5 Å². The number of furan rings is 1. The lowest BCUT2D eigenvalue weighted by Crippen LogP contribution is -2.36. The predicted molar refractivity (Wildman–Crippen MR) is 155 cm³/mol. The molecule has 0 radical (unpaired) electrons. The van der Waals surface area contributed by atoms with Crippen LogP contribution < -0.4 is 19.9 Å². The van der Waals surface area contributed by atoms with E-state index < -0.39 is 4.92 Å². The summed E-state index contributed by atoms with van der Waals surface area (Å²) in [4.78, 5) is 19.8. The SMILES string of the molecule is COc1cc([N+](=O)[O-])ccc1-c1ccc([C@@H]2[C@H](c3ccccn3)NC(=S)N2c2ccc(N3CCOCC3)cc2)o1. The summed E-state index contributed by atoms with van der Waals surface area (Å²) in [5.41, 5.74) is 3.44. The van der Waals surface area contributed by atoms with E-state index in [1.165, 1.54) is 19.2 Å². The number of nitrogens with one attached hydrogen (secondary N) is 1. The molecule has 4 heterocycles. The van der Waals surface area contributed by atoms with Crippen LogP contribution in [-0.4, -0.2) is 48.4 Å². The van der Waals surface area contributed by atoms with Gasteiger partial charge in [0.25, 0.3) is 5.69 Å². The molecule has 0 saturated carbocycles. The highest BCUT2D eigenvalue weighted by molar-refractivity contribution is 7.80. The first-order valence-electron chi connectivity index (χ1n) is 12.9. The number of benzene rings is 2. The number of nitro benzene ring substituents is 1. The summed E-state index contributed by atoms with van der Waals surface area (Å²) in [5, 5.41) is 15.3. The van der Waals surface area contributed by atoms with Crippen LogP contribution in [-0.2, 0) is 4.74 Å². The largest absolute Gasteiger partial charge is 0.496 e. The van der Waals surface area contributed by atoms with Crippen LogP contribution in [0.2, 0.25) is 0 Å². The summed E-state index contributed by atoms with van der Waals surface area (Å²) in [6.07, 6.45) is 1.76. The number of hydrogen-bond donors (Lipinski definition) is 1. The third kappa shape index (κ3) is 4.85. The molecule has 2 aliphatic heterocycles. The van der Waals surface area contributed by atoms with Crippen LogP contribution in [0.5, 0.6) is 5.75 Å². The second-order valence-corrected chi connectivity index (χ2v) is 9.84. The number of non-ortho nitro benzene ring substituents is 1. The standard InChI is InChI=1S/C29H27N5O5S/c1-37-26-18-21(34(35)36)9-10-22(26)24-11-12-25(39-24)28-27(23-4-2-3-13-30-23)31-29(40)33(28)20-7-5-19(6-8-20)32-14-16-38-17-15-32/h2-13,18,27-28H,14-17H2,1H3,(H,31,40)/t27-,28+/m0/s1. The molecule has 0 aliphatic carbocycles. The molecule has 1 N–H and O–H groups in total. The van der Waals surface area contributed by atoms with Gasteiger partial charge in [0.15, 0.2) is 5.11 Å². The summed E-state index contributed by atoms with van der Waals surface area (Å²) < 4.78 is 17.4. The van der Waals surface area contributed by atoms with Crippen molar-refractivity contribution in [1.29, 1.82) is 0 Å². The van der Waals surface area contributed by atoms with Gasteiger partial charge < -0.3 is 29.0 Å². The minimum absolute atomic E-state index is 0.0559. The Morgan fingerprint density at radius 3 is 2.52 bits per heavy atom. The Kier molecular flexibility index (Phi) is 7.06. The molecule has 2 aliphatic rings. The molecule has 40 heavy (non-hydrogen) atoms. The molecule has 11 heteroatoms. The first kappa shape index (κ1) is 25.8. The van der Waals surface area contributed by atoms with E-state index in [0.29, 0.717) is 27.9 Å². The summed E-state index contributed by atoms with van der Waals surface area (Å²) in [5.74, 6) is 1.55. The molecular weight excluding hydrogens is 530 g/mol. The van der Waals surface area contributed by atoms with E-state index in [4.69, 9.17) is 26.1 Å². The Bertz CT molecular complexity index is 1520. The van der Waals surface area contributed by atoms with Crippen molar-refractivity contribution in [3.05, 3.63) is 101 Å². The molecule has 10 nitrogen and oxygen atoms in total. The molecule has 6 rings (SSSR count). The number of rotatable bonds is 7. The molecule has 0 unspecified atom stereocenters. The zero-order valence-corrected chi connectivity index (χ0v) is 22.5. The molecule has 4 aromatic rings. The summed E-state index contributed by atoms with van der Waals surface area (Å²) in [7, 11) is 1.48. The third-order valence-corrected chi connectivity index (χ3v) is 7.50. The highest BCUT2D eigenvalue weighted by atomic mass is 32.1. The van der Waals surface area contributed by atoms with Crippen molar-refractivity contribution < 1.29 is 18.8 Å². The van der Waals surface area contributed by atoms with Crippen molar-refractivity contribution in [2.75, 3.05) is 43.2 Å². The number of nitro groups is 1. The van der Waals surface area contributed by atoms with E-state index in [1.807, 2.05) is 35.2 Å². The van der Waals surface area contributed by atoms with Gasteiger partial charge in [-0.1, -0.05) is 6.07 Å². The molecule has 2 aromatic carbocycles. The van der Waals surface area contributed by atoms with Gasteiger partial charge in [0, 0.05) is 36.7 Å². The van der Waals surface area contributed by atoms with Gasteiger partial charge in [0.2, 0.25) is 0 Å². The Morgan fingerprint density at radius 2 is 1.82 bits per heavy atom. The number of morpholine rings is 1. The maximum atomic E-state index is 11.3. The molecule has 2 fully saturated rings. The van der Waals surface area contributed by atoms with Crippen LogP contribution in [0.4, 0.5) is 17.1 Å². The molecule has 2 aromatic heterocycles.